The molecule has 0 bridgehead atoms. The van der Waals surface area contributed by atoms with Crippen LogP contribution < -0.4 is 14.8 Å². The van der Waals surface area contributed by atoms with Gasteiger partial charge in [-0.3, -0.25) is 9.69 Å². The number of methoxy groups -OCH3 is 3. The van der Waals surface area contributed by atoms with E-state index in [0.717, 1.165) is 19.4 Å². The van der Waals surface area contributed by atoms with E-state index in [2.05, 4.69) is 22.1 Å². The van der Waals surface area contributed by atoms with E-state index in [-0.39, 0.29) is 18.1 Å². The van der Waals surface area contributed by atoms with Gasteiger partial charge >= 0.3 is 5.97 Å². The Morgan fingerprint density at radius 1 is 1.18 bits per heavy atom. The molecule has 1 aliphatic rings. The predicted octanol–water partition coefficient (Wildman–Crippen LogP) is 2.78. The van der Waals surface area contributed by atoms with Crippen molar-refractivity contribution >= 4 is 28.5 Å². The summed E-state index contributed by atoms with van der Waals surface area (Å²) in [5.41, 5.74) is 1.21. The third-order valence-electron chi connectivity index (χ3n) is 5.24. The molecule has 1 fully saturated rings. The highest BCUT2D eigenvalue weighted by molar-refractivity contribution is 6.11. The van der Waals surface area contributed by atoms with E-state index >= 15 is 0 Å². The number of piperidine rings is 1. The van der Waals surface area contributed by atoms with E-state index in [1.54, 1.807) is 12.1 Å². The zero-order chi connectivity index (χ0) is 20.3. The van der Waals surface area contributed by atoms with E-state index in [0.29, 0.717) is 34.1 Å². The van der Waals surface area contributed by atoms with Crippen molar-refractivity contribution in [2.24, 2.45) is 0 Å². The van der Waals surface area contributed by atoms with Gasteiger partial charge in [-0.1, -0.05) is 6.42 Å². The fraction of sp³-hybridized carbons (Fsp3) is 0.500. The molecule has 0 radical (unpaired) electrons. The maximum absolute atomic E-state index is 12.7. The number of nitrogens with zero attached hydrogens (tertiary/aromatic N) is 1. The van der Waals surface area contributed by atoms with E-state index in [4.69, 9.17) is 14.2 Å². The van der Waals surface area contributed by atoms with Crippen LogP contribution in [0.4, 0.5) is 5.69 Å². The van der Waals surface area contributed by atoms with Crippen molar-refractivity contribution in [3.05, 3.63) is 17.8 Å². The first-order valence-electron chi connectivity index (χ1n) is 9.38. The average molecular weight is 389 g/mol. The monoisotopic (exact) mass is 389 g/mol. The Labute approximate surface area is 164 Å². The summed E-state index contributed by atoms with van der Waals surface area (Å²) in [5, 5.41) is 3.55. The van der Waals surface area contributed by atoms with Crippen molar-refractivity contribution in [2.75, 3.05) is 39.7 Å². The van der Waals surface area contributed by atoms with Gasteiger partial charge in [0.25, 0.3) is 0 Å². The van der Waals surface area contributed by atoms with Gasteiger partial charge in [0.2, 0.25) is 5.91 Å². The molecular weight excluding hydrogens is 362 g/mol. The predicted molar refractivity (Wildman–Crippen MR) is 106 cm³/mol. The lowest BCUT2D eigenvalue weighted by Crippen LogP contribution is -2.42. The molecule has 1 amide bonds. The summed E-state index contributed by atoms with van der Waals surface area (Å²) in [7, 11) is 4.37. The van der Waals surface area contributed by atoms with Crippen molar-refractivity contribution in [1.82, 2.24) is 9.88 Å². The number of nitrogens with one attached hydrogen (secondary N) is 2. The molecule has 1 saturated heterocycles. The molecule has 28 heavy (non-hydrogen) atoms. The molecule has 0 aliphatic carbocycles. The van der Waals surface area contributed by atoms with Crippen LogP contribution in [0, 0.1) is 0 Å². The number of amides is 1. The normalized spacial score (nSPS) is 17.4. The Kier molecular flexibility index (Phi) is 6.08. The molecule has 2 heterocycles. The van der Waals surface area contributed by atoms with Crippen LogP contribution in [-0.2, 0) is 9.53 Å². The van der Waals surface area contributed by atoms with Gasteiger partial charge in [-0.15, -0.1) is 0 Å². The second-order valence-electron chi connectivity index (χ2n) is 6.98. The van der Waals surface area contributed by atoms with Gasteiger partial charge in [-0.05, 0) is 32.4 Å². The van der Waals surface area contributed by atoms with Crippen LogP contribution in [0.2, 0.25) is 0 Å². The number of carbonyl (C=O) groups excluding carboxylic acids is 2. The Balaban J connectivity index is 1.95. The number of esters is 1. The SMILES string of the molecule is COC(=O)c1[nH]c2cc(OC)c(OC)cc2c1NC(=O)CN1CCCC[C@@H]1C. The standard InChI is InChI=1S/C20H27N3O5/c1-12-7-5-6-8-23(12)11-17(24)22-18-13-9-15(26-2)16(27-3)10-14(13)21-19(18)20(25)28-4/h9-10,12,21H,5-8,11H2,1-4H3,(H,22,24)/t12-/m0/s1. The third-order valence-corrected chi connectivity index (χ3v) is 5.24. The van der Waals surface area contributed by atoms with Crippen molar-refractivity contribution in [1.29, 1.82) is 0 Å². The zero-order valence-corrected chi connectivity index (χ0v) is 16.8. The molecule has 0 spiro atoms. The molecule has 8 heteroatoms. The van der Waals surface area contributed by atoms with E-state index in [1.807, 2.05) is 0 Å². The highest BCUT2D eigenvalue weighted by atomic mass is 16.5. The largest absolute Gasteiger partial charge is 0.493 e. The Morgan fingerprint density at radius 3 is 2.54 bits per heavy atom. The second kappa shape index (κ2) is 8.52. The third kappa shape index (κ3) is 3.91. The van der Waals surface area contributed by atoms with E-state index in [9.17, 15) is 9.59 Å². The van der Waals surface area contributed by atoms with Crippen molar-refractivity contribution in [3.8, 4) is 11.5 Å². The van der Waals surface area contributed by atoms with Crippen LogP contribution in [0.5, 0.6) is 11.5 Å². The molecule has 8 nitrogen and oxygen atoms in total. The highest BCUT2D eigenvalue weighted by Crippen LogP contribution is 2.37. The smallest absolute Gasteiger partial charge is 0.356 e. The minimum absolute atomic E-state index is 0.172. The van der Waals surface area contributed by atoms with Gasteiger partial charge in [0.05, 0.1) is 39.1 Å². The molecule has 152 valence electrons. The van der Waals surface area contributed by atoms with Crippen LogP contribution in [0.25, 0.3) is 10.9 Å². The molecule has 0 saturated carbocycles. The minimum Gasteiger partial charge on any atom is -0.493 e. The first-order chi connectivity index (χ1) is 13.5. The lowest BCUT2D eigenvalue weighted by Gasteiger charge is -2.32. The summed E-state index contributed by atoms with van der Waals surface area (Å²) in [6.07, 6.45) is 3.37. The molecule has 2 N–H and O–H groups in total. The highest BCUT2D eigenvalue weighted by Gasteiger charge is 2.25. The quantitative estimate of drug-likeness (QED) is 0.738. The maximum Gasteiger partial charge on any atom is 0.356 e. The van der Waals surface area contributed by atoms with E-state index < -0.39 is 5.97 Å². The van der Waals surface area contributed by atoms with Gasteiger partial charge in [-0.2, -0.15) is 0 Å². The van der Waals surface area contributed by atoms with Crippen LogP contribution in [-0.4, -0.2) is 62.2 Å². The summed E-state index contributed by atoms with van der Waals surface area (Å²) in [4.78, 5) is 30.2. The average Bonchev–Trinajstić information content (AvgIpc) is 3.05. The molecule has 1 aromatic carbocycles. The number of carbonyl (C=O) groups is 2. The number of H-pyrrole nitrogens is 1. The number of ether oxygens (including phenoxy) is 3. The van der Waals surface area contributed by atoms with Crippen molar-refractivity contribution in [2.45, 2.75) is 32.2 Å². The van der Waals surface area contributed by atoms with Crippen molar-refractivity contribution < 1.29 is 23.8 Å². The molecular formula is C20H27N3O5. The number of likely N-dealkylation sites (tertiary alicyclic amines) is 1. The Morgan fingerprint density at radius 2 is 1.89 bits per heavy atom. The molecule has 1 aliphatic heterocycles. The number of hydrogen-bond donors (Lipinski definition) is 2. The molecule has 3 rings (SSSR count). The van der Waals surface area contributed by atoms with Gasteiger partial charge in [-0.25, -0.2) is 4.79 Å². The van der Waals surface area contributed by atoms with E-state index in [1.165, 1.54) is 27.8 Å². The molecule has 1 atom stereocenters. The van der Waals surface area contributed by atoms with Crippen LogP contribution in [0.15, 0.2) is 12.1 Å². The number of fused-ring (bicyclic) bond motifs is 1. The number of anilines is 1. The lowest BCUT2D eigenvalue weighted by molar-refractivity contribution is -0.118. The number of aromatic amines is 1. The van der Waals surface area contributed by atoms with Crippen LogP contribution >= 0.6 is 0 Å². The Hall–Kier alpha value is -2.74. The summed E-state index contributed by atoms with van der Waals surface area (Å²) >= 11 is 0. The second-order valence-corrected chi connectivity index (χ2v) is 6.98. The summed E-state index contributed by atoms with van der Waals surface area (Å²) in [5.74, 6) is 0.295. The zero-order valence-electron chi connectivity index (χ0n) is 16.8. The number of benzene rings is 1. The number of hydrogen-bond acceptors (Lipinski definition) is 6. The topological polar surface area (TPSA) is 92.9 Å². The lowest BCUT2D eigenvalue weighted by atomic mass is 10.0. The molecule has 1 aromatic heterocycles. The summed E-state index contributed by atoms with van der Waals surface area (Å²) < 4.78 is 15.6. The van der Waals surface area contributed by atoms with Crippen LogP contribution in [0.1, 0.15) is 36.7 Å². The van der Waals surface area contributed by atoms with Gasteiger partial charge in [0, 0.05) is 17.5 Å². The number of aromatic nitrogens is 1. The maximum atomic E-state index is 12.7. The summed E-state index contributed by atoms with van der Waals surface area (Å²) in [6.45, 7) is 3.31. The van der Waals surface area contributed by atoms with Gasteiger partial charge in [0.1, 0.15) is 5.69 Å². The minimum atomic E-state index is -0.559. The Bertz CT molecular complexity index is 876. The first kappa shape index (κ1) is 20.0. The number of rotatable bonds is 6. The fourth-order valence-corrected chi connectivity index (χ4v) is 3.66. The fourth-order valence-electron chi connectivity index (χ4n) is 3.66. The summed E-state index contributed by atoms with van der Waals surface area (Å²) in [6, 6.07) is 3.83. The molecule has 0 unspecified atom stereocenters. The van der Waals surface area contributed by atoms with Gasteiger partial charge in [0.15, 0.2) is 11.5 Å². The van der Waals surface area contributed by atoms with Crippen LogP contribution in [0.3, 0.4) is 0 Å². The van der Waals surface area contributed by atoms with Crippen molar-refractivity contribution in [3.63, 3.8) is 0 Å². The first-order valence-corrected chi connectivity index (χ1v) is 9.38. The van der Waals surface area contributed by atoms with Gasteiger partial charge < -0.3 is 24.5 Å². The molecule has 2 aromatic rings.